The number of carbonyl (C=O) groups is 2. The normalized spacial score (nSPS) is 14.3. The standard InChI is InChI=1S/C23H29N3O2S2/c1-18-3-2-4-21(15-18)25-23(28)17-30-16-22(27)24-20-7-5-19(6-8-20)9-10-26-11-13-29-14-12-26/h2-8,15H,9-14,16-17H2,1H3,(H,24,27)(H,25,28). The number of aryl methyl sites for hydroxylation is 1. The molecule has 1 aliphatic rings. The summed E-state index contributed by atoms with van der Waals surface area (Å²) in [4.78, 5) is 26.7. The number of hydrogen-bond donors (Lipinski definition) is 2. The Balaban J connectivity index is 1.33. The molecule has 2 N–H and O–H groups in total. The molecule has 0 saturated carbocycles. The Labute approximate surface area is 187 Å². The van der Waals surface area contributed by atoms with Crippen LogP contribution in [-0.4, -0.2) is 59.4 Å². The first-order valence-corrected chi connectivity index (χ1v) is 12.5. The number of amides is 2. The zero-order chi connectivity index (χ0) is 21.2. The summed E-state index contributed by atoms with van der Waals surface area (Å²) in [7, 11) is 0. The summed E-state index contributed by atoms with van der Waals surface area (Å²) in [5, 5.41) is 5.75. The van der Waals surface area contributed by atoms with Crippen LogP contribution in [0.5, 0.6) is 0 Å². The van der Waals surface area contributed by atoms with Gasteiger partial charge >= 0.3 is 0 Å². The molecule has 0 spiro atoms. The van der Waals surface area contributed by atoms with Crippen LogP contribution >= 0.6 is 23.5 Å². The molecule has 1 fully saturated rings. The van der Waals surface area contributed by atoms with Crippen LogP contribution in [0, 0.1) is 6.92 Å². The second kappa shape index (κ2) is 12.0. The molecule has 0 aliphatic carbocycles. The number of rotatable bonds is 9. The fourth-order valence-corrected chi connectivity index (χ4v) is 4.82. The van der Waals surface area contributed by atoms with E-state index in [4.69, 9.17) is 0 Å². The predicted octanol–water partition coefficient (Wildman–Crippen LogP) is 3.90. The number of anilines is 2. The largest absolute Gasteiger partial charge is 0.325 e. The Morgan fingerprint density at radius 2 is 1.63 bits per heavy atom. The molecule has 7 heteroatoms. The topological polar surface area (TPSA) is 61.4 Å². The fraction of sp³-hybridized carbons (Fsp3) is 0.391. The van der Waals surface area contributed by atoms with Gasteiger partial charge in [0.25, 0.3) is 0 Å². The summed E-state index contributed by atoms with van der Waals surface area (Å²) in [6.45, 7) is 5.43. The van der Waals surface area contributed by atoms with Crippen molar-refractivity contribution in [3.05, 3.63) is 59.7 Å². The molecule has 160 valence electrons. The molecule has 0 aromatic heterocycles. The number of carbonyl (C=O) groups excluding carboxylic acids is 2. The molecule has 0 radical (unpaired) electrons. The summed E-state index contributed by atoms with van der Waals surface area (Å²) in [6.07, 6.45) is 1.03. The van der Waals surface area contributed by atoms with Gasteiger partial charge in [0.2, 0.25) is 11.8 Å². The van der Waals surface area contributed by atoms with Gasteiger partial charge < -0.3 is 15.5 Å². The maximum atomic E-state index is 12.1. The minimum absolute atomic E-state index is 0.0954. The van der Waals surface area contributed by atoms with Crippen molar-refractivity contribution >= 4 is 46.7 Å². The van der Waals surface area contributed by atoms with Gasteiger partial charge in [-0.05, 0) is 48.7 Å². The van der Waals surface area contributed by atoms with E-state index >= 15 is 0 Å². The lowest BCUT2D eigenvalue weighted by atomic mass is 10.1. The molecule has 1 aliphatic heterocycles. The van der Waals surface area contributed by atoms with E-state index < -0.39 is 0 Å². The van der Waals surface area contributed by atoms with E-state index in [9.17, 15) is 9.59 Å². The minimum Gasteiger partial charge on any atom is -0.325 e. The lowest BCUT2D eigenvalue weighted by Crippen LogP contribution is -2.34. The smallest absolute Gasteiger partial charge is 0.234 e. The first-order valence-electron chi connectivity index (χ1n) is 10.2. The van der Waals surface area contributed by atoms with E-state index in [1.807, 2.05) is 55.1 Å². The van der Waals surface area contributed by atoms with Gasteiger partial charge in [0.15, 0.2) is 0 Å². The van der Waals surface area contributed by atoms with Gasteiger partial charge in [-0.25, -0.2) is 0 Å². The molecular formula is C23H29N3O2S2. The van der Waals surface area contributed by atoms with Gasteiger partial charge in [0.05, 0.1) is 11.5 Å². The highest BCUT2D eigenvalue weighted by molar-refractivity contribution is 8.00. The number of hydrogen-bond acceptors (Lipinski definition) is 5. The van der Waals surface area contributed by atoms with Gasteiger partial charge in [-0.2, -0.15) is 11.8 Å². The van der Waals surface area contributed by atoms with Crippen molar-refractivity contribution in [3.8, 4) is 0 Å². The predicted molar refractivity (Wildman–Crippen MR) is 130 cm³/mol. The van der Waals surface area contributed by atoms with Crippen molar-refractivity contribution in [2.75, 3.05) is 53.3 Å². The maximum absolute atomic E-state index is 12.1. The van der Waals surface area contributed by atoms with Gasteiger partial charge in [-0.15, -0.1) is 11.8 Å². The maximum Gasteiger partial charge on any atom is 0.234 e. The molecule has 5 nitrogen and oxygen atoms in total. The molecule has 3 rings (SSSR count). The Kier molecular flexibility index (Phi) is 9.11. The minimum atomic E-state index is -0.102. The van der Waals surface area contributed by atoms with Gasteiger partial charge in [0, 0.05) is 42.5 Å². The number of thioether (sulfide) groups is 2. The van der Waals surface area contributed by atoms with Crippen molar-refractivity contribution in [2.24, 2.45) is 0 Å². The Bertz CT molecular complexity index is 837. The second-order valence-corrected chi connectivity index (χ2v) is 9.57. The average molecular weight is 444 g/mol. The Hall–Kier alpha value is -1.96. The number of benzene rings is 2. The van der Waals surface area contributed by atoms with E-state index in [0.717, 1.165) is 29.9 Å². The van der Waals surface area contributed by atoms with Crippen LogP contribution in [0.4, 0.5) is 11.4 Å². The van der Waals surface area contributed by atoms with Crippen molar-refractivity contribution in [1.29, 1.82) is 0 Å². The van der Waals surface area contributed by atoms with Crippen LogP contribution in [0.1, 0.15) is 11.1 Å². The second-order valence-electron chi connectivity index (χ2n) is 7.36. The van der Waals surface area contributed by atoms with Gasteiger partial charge in [-0.1, -0.05) is 24.3 Å². The summed E-state index contributed by atoms with van der Waals surface area (Å²) < 4.78 is 0. The lowest BCUT2D eigenvalue weighted by Gasteiger charge is -2.26. The van der Waals surface area contributed by atoms with Crippen molar-refractivity contribution in [1.82, 2.24) is 4.90 Å². The average Bonchev–Trinajstić information content (AvgIpc) is 2.74. The van der Waals surface area contributed by atoms with Crippen molar-refractivity contribution < 1.29 is 9.59 Å². The zero-order valence-corrected chi connectivity index (χ0v) is 19.0. The molecular weight excluding hydrogens is 414 g/mol. The molecule has 0 bridgehead atoms. The third-order valence-electron chi connectivity index (χ3n) is 4.83. The van der Waals surface area contributed by atoms with E-state index in [-0.39, 0.29) is 23.3 Å². The van der Waals surface area contributed by atoms with Crippen molar-refractivity contribution in [2.45, 2.75) is 13.3 Å². The lowest BCUT2D eigenvalue weighted by molar-refractivity contribution is -0.114. The molecule has 2 aromatic rings. The van der Waals surface area contributed by atoms with E-state index in [1.165, 1.54) is 41.9 Å². The van der Waals surface area contributed by atoms with Crippen LogP contribution < -0.4 is 10.6 Å². The quantitative estimate of drug-likeness (QED) is 0.616. The van der Waals surface area contributed by atoms with Crippen LogP contribution in [-0.2, 0) is 16.0 Å². The molecule has 1 saturated heterocycles. The number of nitrogens with one attached hydrogen (secondary N) is 2. The van der Waals surface area contributed by atoms with Crippen LogP contribution in [0.3, 0.4) is 0 Å². The summed E-state index contributed by atoms with van der Waals surface area (Å²) in [5.41, 5.74) is 3.96. The van der Waals surface area contributed by atoms with Crippen molar-refractivity contribution in [3.63, 3.8) is 0 Å². The first kappa shape index (κ1) is 22.7. The molecule has 1 heterocycles. The summed E-state index contributed by atoms with van der Waals surface area (Å²) >= 11 is 3.34. The molecule has 0 unspecified atom stereocenters. The molecule has 2 amide bonds. The van der Waals surface area contributed by atoms with Crippen LogP contribution in [0.25, 0.3) is 0 Å². The molecule has 2 aromatic carbocycles. The zero-order valence-electron chi connectivity index (χ0n) is 17.4. The highest BCUT2D eigenvalue weighted by Gasteiger charge is 2.10. The van der Waals surface area contributed by atoms with Crippen LogP contribution in [0.15, 0.2) is 48.5 Å². The van der Waals surface area contributed by atoms with E-state index in [0.29, 0.717) is 0 Å². The summed E-state index contributed by atoms with van der Waals surface area (Å²) in [6, 6.07) is 15.7. The fourth-order valence-electron chi connectivity index (χ4n) is 3.22. The Morgan fingerprint density at radius 1 is 0.967 bits per heavy atom. The first-order chi connectivity index (χ1) is 14.6. The highest BCUT2D eigenvalue weighted by atomic mass is 32.2. The van der Waals surface area contributed by atoms with Gasteiger partial charge in [0.1, 0.15) is 0 Å². The SMILES string of the molecule is Cc1cccc(NC(=O)CSCC(=O)Nc2ccc(CCN3CCSCC3)cc2)c1. The van der Waals surface area contributed by atoms with E-state index in [2.05, 4.69) is 27.7 Å². The molecule has 0 atom stereocenters. The monoisotopic (exact) mass is 443 g/mol. The highest BCUT2D eigenvalue weighted by Crippen LogP contribution is 2.14. The molecule has 30 heavy (non-hydrogen) atoms. The third kappa shape index (κ3) is 8.05. The Morgan fingerprint density at radius 3 is 2.30 bits per heavy atom. The van der Waals surface area contributed by atoms with Gasteiger partial charge in [-0.3, -0.25) is 9.59 Å². The summed E-state index contributed by atoms with van der Waals surface area (Å²) in [5.74, 6) is 2.76. The third-order valence-corrected chi connectivity index (χ3v) is 6.70. The number of nitrogens with zero attached hydrogens (tertiary/aromatic N) is 1. The van der Waals surface area contributed by atoms with E-state index in [1.54, 1.807) is 0 Å². The van der Waals surface area contributed by atoms with Crippen LogP contribution in [0.2, 0.25) is 0 Å².